The van der Waals surface area contributed by atoms with Gasteiger partial charge in [0.25, 0.3) is 0 Å². The maximum atomic E-state index is 12.4. The van der Waals surface area contributed by atoms with Crippen LogP contribution in [0.4, 0.5) is 11.8 Å². The predicted molar refractivity (Wildman–Crippen MR) is 128 cm³/mol. The normalized spacial score (nSPS) is 18.3. The molecular weight excluding hydrogens is 402 g/mol. The van der Waals surface area contributed by atoms with Gasteiger partial charge in [0.2, 0.25) is 11.9 Å². The molecule has 3 aromatic rings. The first kappa shape index (κ1) is 21.9. The number of benzene rings is 2. The van der Waals surface area contributed by atoms with Gasteiger partial charge in [0.15, 0.2) is 0 Å². The van der Waals surface area contributed by atoms with Crippen molar-refractivity contribution in [3.63, 3.8) is 0 Å². The van der Waals surface area contributed by atoms with Crippen LogP contribution in [-0.2, 0) is 11.2 Å². The van der Waals surface area contributed by atoms with E-state index in [4.69, 9.17) is 9.97 Å². The zero-order valence-corrected chi connectivity index (χ0v) is 18.7. The fourth-order valence-electron chi connectivity index (χ4n) is 4.30. The van der Waals surface area contributed by atoms with Crippen LogP contribution in [0.2, 0.25) is 0 Å². The molecule has 1 aliphatic rings. The first-order chi connectivity index (χ1) is 15.5. The summed E-state index contributed by atoms with van der Waals surface area (Å²) in [5.74, 6) is 1.85. The van der Waals surface area contributed by atoms with E-state index in [1.54, 1.807) is 12.1 Å². The molecule has 4 rings (SSSR count). The van der Waals surface area contributed by atoms with Gasteiger partial charge >= 0.3 is 0 Å². The van der Waals surface area contributed by atoms with Gasteiger partial charge in [0, 0.05) is 38.0 Å². The first-order valence-corrected chi connectivity index (χ1v) is 11.3. The number of rotatable bonds is 7. The van der Waals surface area contributed by atoms with Gasteiger partial charge in [-0.25, -0.2) is 4.98 Å². The second-order valence-corrected chi connectivity index (χ2v) is 8.67. The highest BCUT2D eigenvalue weighted by Crippen LogP contribution is 2.26. The summed E-state index contributed by atoms with van der Waals surface area (Å²) in [5, 5.41) is 17.6. The SMILES string of the molecule is CN(C)c1nc(N[C@H]2CC[C@@H](NC(=O)CCc3ccccc3O)CC2)nc2ccccc12. The van der Waals surface area contributed by atoms with Gasteiger partial charge in [-0.15, -0.1) is 0 Å². The smallest absolute Gasteiger partial charge is 0.225 e. The van der Waals surface area contributed by atoms with Gasteiger partial charge in [-0.05, 0) is 55.9 Å². The van der Waals surface area contributed by atoms with Crippen molar-refractivity contribution in [1.82, 2.24) is 15.3 Å². The summed E-state index contributed by atoms with van der Waals surface area (Å²) in [6.07, 6.45) is 4.69. The average molecular weight is 434 g/mol. The van der Waals surface area contributed by atoms with Crippen LogP contribution in [-0.4, -0.2) is 47.2 Å². The summed E-state index contributed by atoms with van der Waals surface area (Å²) in [6.45, 7) is 0. The van der Waals surface area contributed by atoms with Crippen LogP contribution in [0.3, 0.4) is 0 Å². The number of anilines is 2. The molecule has 0 bridgehead atoms. The number of aryl methyl sites for hydroxylation is 1. The highest BCUT2D eigenvalue weighted by Gasteiger charge is 2.23. The molecule has 1 aromatic heterocycles. The molecular formula is C25H31N5O2. The lowest BCUT2D eigenvalue weighted by atomic mass is 9.91. The van der Waals surface area contributed by atoms with Crippen molar-refractivity contribution in [2.45, 2.75) is 50.6 Å². The van der Waals surface area contributed by atoms with Crippen LogP contribution < -0.4 is 15.5 Å². The second-order valence-electron chi connectivity index (χ2n) is 8.67. The zero-order valence-electron chi connectivity index (χ0n) is 18.7. The Labute approximate surface area is 188 Å². The molecule has 1 aliphatic carbocycles. The summed E-state index contributed by atoms with van der Waals surface area (Å²) in [4.78, 5) is 23.8. The minimum absolute atomic E-state index is 0.0400. The fourth-order valence-corrected chi connectivity index (χ4v) is 4.30. The number of amides is 1. The summed E-state index contributed by atoms with van der Waals surface area (Å²) in [7, 11) is 3.98. The van der Waals surface area contributed by atoms with Gasteiger partial charge in [-0.1, -0.05) is 30.3 Å². The highest BCUT2D eigenvalue weighted by atomic mass is 16.3. The molecule has 1 saturated carbocycles. The Morgan fingerprint density at radius 1 is 1.00 bits per heavy atom. The Morgan fingerprint density at radius 2 is 1.69 bits per heavy atom. The molecule has 7 nitrogen and oxygen atoms in total. The maximum Gasteiger partial charge on any atom is 0.225 e. The Balaban J connectivity index is 1.29. The molecule has 0 radical (unpaired) electrons. The van der Waals surface area contributed by atoms with E-state index in [0.29, 0.717) is 24.8 Å². The Hall–Kier alpha value is -3.35. The molecule has 2 aromatic carbocycles. The molecule has 0 unspecified atom stereocenters. The number of hydrogen-bond acceptors (Lipinski definition) is 6. The number of carbonyl (C=O) groups excluding carboxylic acids is 1. The van der Waals surface area contributed by atoms with Crippen molar-refractivity contribution in [1.29, 1.82) is 0 Å². The van der Waals surface area contributed by atoms with Crippen LogP contribution in [0, 0.1) is 0 Å². The summed E-state index contributed by atoms with van der Waals surface area (Å²) >= 11 is 0. The Kier molecular flexibility index (Phi) is 6.73. The second kappa shape index (κ2) is 9.85. The third-order valence-electron chi connectivity index (χ3n) is 6.05. The third kappa shape index (κ3) is 5.28. The molecule has 3 N–H and O–H groups in total. The number of aromatic nitrogens is 2. The van der Waals surface area contributed by atoms with Crippen molar-refractivity contribution >= 4 is 28.6 Å². The molecule has 1 amide bonds. The lowest BCUT2D eigenvalue weighted by molar-refractivity contribution is -0.122. The number of phenols is 1. The van der Waals surface area contributed by atoms with Crippen LogP contribution in [0.5, 0.6) is 5.75 Å². The standard InChI is InChI=1S/C25H31N5O2/c1-30(2)24-20-8-4-5-9-21(20)28-25(29-24)27-19-14-12-18(13-15-19)26-23(32)16-11-17-7-3-6-10-22(17)31/h3-10,18-19,31H,11-16H2,1-2H3,(H,26,32)(H,27,28,29)/t18-,19+. The summed E-state index contributed by atoms with van der Waals surface area (Å²) < 4.78 is 0. The number of nitrogens with one attached hydrogen (secondary N) is 2. The molecule has 32 heavy (non-hydrogen) atoms. The lowest BCUT2D eigenvalue weighted by Gasteiger charge is -2.30. The number of hydrogen-bond donors (Lipinski definition) is 3. The van der Waals surface area contributed by atoms with Crippen LogP contribution in [0.1, 0.15) is 37.7 Å². The van der Waals surface area contributed by atoms with Crippen molar-refractivity contribution < 1.29 is 9.90 Å². The van der Waals surface area contributed by atoms with E-state index in [2.05, 4.69) is 10.6 Å². The first-order valence-electron chi connectivity index (χ1n) is 11.3. The van der Waals surface area contributed by atoms with Crippen molar-refractivity contribution in [2.24, 2.45) is 0 Å². The minimum Gasteiger partial charge on any atom is -0.508 e. The highest BCUT2D eigenvalue weighted by molar-refractivity contribution is 5.90. The summed E-state index contributed by atoms with van der Waals surface area (Å²) in [5.41, 5.74) is 1.74. The fraction of sp³-hybridized carbons (Fsp3) is 0.400. The Bertz CT molecular complexity index is 1080. The third-order valence-corrected chi connectivity index (χ3v) is 6.05. The molecule has 168 valence electrons. The van der Waals surface area contributed by atoms with Crippen LogP contribution in [0.25, 0.3) is 10.9 Å². The van der Waals surface area contributed by atoms with E-state index in [1.807, 2.05) is 55.4 Å². The van der Waals surface area contributed by atoms with Gasteiger partial charge in [0.05, 0.1) is 5.52 Å². The van der Waals surface area contributed by atoms with E-state index >= 15 is 0 Å². The van der Waals surface area contributed by atoms with Crippen LogP contribution >= 0.6 is 0 Å². The van der Waals surface area contributed by atoms with Gasteiger partial charge < -0.3 is 20.6 Å². The number of aromatic hydroxyl groups is 1. The van der Waals surface area contributed by atoms with E-state index < -0.39 is 0 Å². The predicted octanol–water partition coefficient (Wildman–Crippen LogP) is 3.87. The largest absolute Gasteiger partial charge is 0.508 e. The average Bonchev–Trinajstić information content (AvgIpc) is 2.79. The van der Waals surface area contributed by atoms with Crippen molar-refractivity contribution in [2.75, 3.05) is 24.3 Å². The van der Waals surface area contributed by atoms with E-state index in [-0.39, 0.29) is 17.7 Å². The van der Waals surface area contributed by atoms with Gasteiger partial charge in [0.1, 0.15) is 11.6 Å². The van der Waals surface area contributed by atoms with Crippen molar-refractivity contribution in [3.05, 3.63) is 54.1 Å². The molecule has 0 spiro atoms. The topological polar surface area (TPSA) is 90.4 Å². The van der Waals surface area contributed by atoms with E-state index in [9.17, 15) is 9.90 Å². The number of nitrogens with zero attached hydrogens (tertiary/aromatic N) is 3. The lowest BCUT2D eigenvalue weighted by Crippen LogP contribution is -2.40. The molecule has 1 heterocycles. The monoisotopic (exact) mass is 433 g/mol. The van der Waals surface area contributed by atoms with E-state index in [0.717, 1.165) is 48.0 Å². The zero-order chi connectivity index (χ0) is 22.5. The van der Waals surface area contributed by atoms with Crippen molar-refractivity contribution in [3.8, 4) is 5.75 Å². The number of para-hydroxylation sites is 2. The number of fused-ring (bicyclic) bond motifs is 1. The number of carbonyl (C=O) groups is 1. The Morgan fingerprint density at radius 3 is 2.44 bits per heavy atom. The maximum absolute atomic E-state index is 12.4. The molecule has 1 fully saturated rings. The minimum atomic E-state index is 0.0400. The molecule has 0 atom stereocenters. The van der Waals surface area contributed by atoms with Crippen LogP contribution in [0.15, 0.2) is 48.5 Å². The van der Waals surface area contributed by atoms with Gasteiger partial charge in [-0.2, -0.15) is 4.98 Å². The van der Waals surface area contributed by atoms with Gasteiger partial charge in [-0.3, -0.25) is 4.79 Å². The number of phenolic OH excluding ortho intramolecular Hbond substituents is 1. The quantitative estimate of drug-likeness (QED) is 0.524. The van der Waals surface area contributed by atoms with E-state index in [1.165, 1.54) is 0 Å². The summed E-state index contributed by atoms with van der Waals surface area (Å²) in [6, 6.07) is 15.7. The molecule has 7 heteroatoms. The molecule has 0 aliphatic heterocycles. The molecule has 0 saturated heterocycles.